The summed E-state index contributed by atoms with van der Waals surface area (Å²) in [5, 5.41) is 2.67. The number of imide groups is 1. The highest BCUT2D eigenvalue weighted by Gasteiger charge is 2.49. The molecule has 3 N–H and O–H groups in total. The van der Waals surface area contributed by atoms with Crippen LogP contribution in [0, 0.1) is 13.8 Å². The SMILES string of the molecule is Cc1cc(C(=O)CN2C(=O)NC(C)(c3cccc(C(N)=O)c3)C2=O)c(C)n1CCc1ccccc1. The zero-order valence-corrected chi connectivity index (χ0v) is 20.0. The molecule has 0 saturated carbocycles. The maximum absolute atomic E-state index is 13.3. The van der Waals surface area contributed by atoms with Gasteiger partial charge < -0.3 is 15.6 Å². The predicted octanol–water partition coefficient (Wildman–Crippen LogP) is 3.10. The van der Waals surface area contributed by atoms with Gasteiger partial charge in [-0.3, -0.25) is 19.3 Å². The van der Waals surface area contributed by atoms with Crippen LogP contribution in [-0.2, 0) is 23.3 Å². The van der Waals surface area contributed by atoms with Gasteiger partial charge in [-0.05, 0) is 56.5 Å². The predicted molar refractivity (Wildman–Crippen MR) is 131 cm³/mol. The highest BCUT2D eigenvalue weighted by atomic mass is 16.2. The number of rotatable bonds is 8. The van der Waals surface area contributed by atoms with Gasteiger partial charge in [-0.2, -0.15) is 0 Å². The average Bonchev–Trinajstić information content (AvgIpc) is 3.25. The molecule has 1 aromatic heterocycles. The summed E-state index contributed by atoms with van der Waals surface area (Å²) in [6, 6.07) is 17.5. The molecular weight excluding hydrogens is 444 g/mol. The Morgan fingerprint density at radius 1 is 1.00 bits per heavy atom. The van der Waals surface area contributed by atoms with Crippen LogP contribution in [0.1, 0.15) is 50.2 Å². The van der Waals surface area contributed by atoms with Crippen molar-refractivity contribution in [3.05, 3.63) is 94.3 Å². The number of Topliss-reactive ketones (excluding diaryl/α,β-unsaturated/α-hetero) is 1. The van der Waals surface area contributed by atoms with Crippen molar-refractivity contribution in [1.29, 1.82) is 0 Å². The normalized spacial score (nSPS) is 17.5. The second-order valence-electron chi connectivity index (χ2n) is 8.99. The van der Waals surface area contributed by atoms with E-state index in [1.807, 2.05) is 32.0 Å². The van der Waals surface area contributed by atoms with Crippen molar-refractivity contribution < 1.29 is 19.2 Å². The van der Waals surface area contributed by atoms with Gasteiger partial charge >= 0.3 is 6.03 Å². The summed E-state index contributed by atoms with van der Waals surface area (Å²) in [4.78, 5) is 51.7. The zero-order chi connectivity index (χ0) is 25.3. The maximum Gasteiger partial charge on any atom is 0.325 e. The van der Waals surface area contributed by atoms with Gasteiger partial charge in [-0.25, -0.2) is 4.79 Å². The summed E-state index contributed by atoms with van der Waals surface area (Å²) in [6.45, 7) is 5.69. The Kier molecular flexibility index (Phi) is 6.30. The third-order valence-corrected chi connectivity index (χ3v) is 6.64. The van der Waals surface area contributed by atoms with E-state index in [0.29, 0.717) is 17.7 Å². The Morgan fingerprint density at radius 3 is 2.40 bits per heavy atom. The van der Waals surface area contributed by atoms with E-state index in [9.17, 15) is 19.2 Å². The van der Waals surface area contributed by atoms with Gasteiger partial charge in [0.25, 0.3) is 5.91 Å². The van der Waals surface area contributed by atoms with Gasteiger partial charge in [0.1, 0.15) is 5.54 Å². The van der Waals surface area contributed by atoms with E-state index in [1.165, 1.54) is 17.7 Å². The number of benzene rings is 2. The number of amides is 4. The minimum absolute atomic E-state index is 0.225. The lowest BCUT2D eigenvalue weighted by Gasteiger charge is -2.22. The summed E-state index contributed by atoms with van der Waals surface area (Å²) in [6.07, 6.45) is 0.820. The van der Waals surface area contributed by atoms with Crippen molar-refractivity contribution in [2.75, 3.05) is 6.54 Å². The maximum atomic E-state index is 13.3. The molecule has 1 fully saturated rings. The van der Waals surface area contributed by atoms with Crippen LogP contribution >= 0.6 is 0 Å². The number of nitrogens with two attached hydrogens (primary N) is 1. The molecule has 2 aromatic carbocycles. The number of ketones is 1. The van der Waals surface area contributed by atoms with E-state index >= 15 is 0 Å². The number of hydrogen-bond donors (Lipinski definition) is 2. The molecule has 4 amide bonds. The number of aryl methyl sites for hydroxylation is 2. The molecule has 8 heteroatoms. The topological polar surface area (TPSA) is 114 Å². The van der Waals surface area contributed by atoms with E-state index in [2.05, 4.69) is 22.0 Å². The van der Waals surface area contributed by atoms with Gasteiger partial charge in [0.05, 0.1) is 6.54 Å². The van der Waals surface area contributed by atoms with Crippen molar-refractivity contribution >= 4 is 23.6 Å². The minimum atomic E-state index is -1.41. The molecule has 0 bridgehead atoms. The number of aromatic nitrogens is 1. The molecule has 1 saturated heterocycles. The lowest BCUT2D eigenvalue weighted by molar-refractivity contribution is -0.130. The smallest absolute Gasteiger partial charge is 0.325 e. The van der Waals surface area contributed by atoms with Crippen LogP contribution in [-0.4, -0.2) is 39.6 Å². The van der Waals surface area contributed by atoms with Crippen molar-refractivity contribution in [3.63, 3.8) is 0 Å². The minimum Gasteiger partial charge on any atom is -0.366 e. The number of nitrogens with zero attached hydrogens (tertiary/aromatic N) is 2. The van der Waals surface area contributed by atoms with Gasteiger partial charge in [-0.1, -0.05) is 42.5 Å². The number of carbonyl (C=O) groups is 4. The molecule has 0 radical (unpaired) electrons. The van der Waals surface area contributed by atoms with Crippen LogP contribution < -0.4 is 11.1 Å². The van der Waals surface area contributed by atoms with E-state index in [-0.39, 0.29) is 17.9 Å². The van der Waals surface area contributed by atoms with Crippen molar-refractivity contribution in [1.82, 2.24) is 14.8 Å². The summed E-state index contributed by atoms with van der Waals surface area (Å²) in [5.41, 5.74) is 8.02. The van der Waals surface area contributed by atoms with Crippen LogP contribution in [0.4, 0.5) is 4.79 Å². The van der Waals surface area contributed by atoms with Crippen molar-refractivity contribution in [2.24, 2.45) is 5.73 Å². The van der Waals surface area contributed by atoms with Gasteiger partial charge in [0.15, 0.2) is 5.78 Å². The van der Waals surface area contributed by atoms with E-state index in [4.69, 9.17) is 5.73 Å². The highest BCUT2D eigenvalue weighted by Crippen LogP contribution is 2.30. The molecule has 180 valence electrons. The van der Waals surface area contributed by atoms with Gasteiger partial charge in [-0.15, -0.1) is 0 Å². The fraction of sp³-hybridized carbons (Fsp3) is 0.259. The number of nitrogens with one attached hydrogen (secondary N) is 1. The molecule has 2 heterocycles. The highest BCUT2D eigenvalue weighted by molar-refractivity contribution is 6.11. The quantitative estimate of drug-likeness (QED) is 0.387. The summed E-state index contributed by atoms with van der Waals surface area (Å²) in [7, 11) is 0. The Morgan fingerprint density at radius 2 is 1.71 bits per heavy atom. The molecule has 0 spiro atoms. The Bertz CT molecular complexity index is 1330. The van der Waals surface area contributed by atoms with Gasteiger partial charge in [0, 0.05) is 29.1 Å². The molecule has 1 atom stereocenters. The van der Waals surface area contributed by atoms with Crippen molar-refractivity contribution in [3.8, 4) is 0 Å². The molecule has 0 aliphatic carbocycles. The zero-order valence-electron chi connectivity index (χ0n) is 20.0. The van der Waals surface area contributed by atoms with Crippen LogP contribution in [0.15, 0.2) is 60.7 Å². The summed E-state index contributed by atoms with van der Waals surface area (Å²) < 4.78 is 2.07. The lowest BCUT2D eigenvalue weighted by atomic mass is 9.90. The summed E-state index contributed by atoms with van der Waals surface area (Å²) >= 11 is 0. The van der Waals surface area contributed by atoms with Crippen LogP contribution in [0.2, 0.25) is 0 Å². The Hall–Kier alpha value is -4.20. The van der Waals surface area contributed by atoms with E-state index in [1.54, 1.807) is 25.1 Å². The Labute approximate surface area is 203 Å². The Balaban J connectivity index is 1.52. The van der Waals surface area contributed by atoms with Crippen LogP contribution in [0.3, 0.4) is 0 Å². The molecular formula is C27H28N4O4. The number of primary amides is 1. The first-order chi connectivity index (χ1) is 16.6. The first kappa shape index (κ1) is 23.9. The second kappa shape index (κ2) is 9.21. The fourth-order valence-corrected chi connectivity index (χ4v) is 4.56. The number of hydrogen-bond acceptors (Lipinski definition) is 4. The van der Waals surface area contributed by atoms with Gasteiger partial charge in [0.2, 0.25) is 5.91 Å². The number of carbonyl (C=O) groups excluding carboxylic acids is 4. The standard InChI is InChI=1S/C27H28N4O4/c1-17-14-22(18(2)30(17)13-12-19-8-5-4-6-9-19)23(32)16-31-25(34)27(3,29-26(31)35)21-11-7-10-20(15-21)24(28)33/h4-11,14-15H,12-13,16H2,1-3H3,(H2,28,33)(H,29,35). The molecule has 1 aliphatic rings. The molecule has 8 nitrogen and oxygen atoms in total. The van der Waals surface area contributed by atoms with E-state index < -0.39 is 23.4 Å². The van der Waals surface area contributed by atoms with Crippen LogP contribution in [0.5, 0.6) is 0 Å². The molecule has 3 aromatic rings. The van der Waals surface area contributed by atoms with Crippen molar-refractivity contribution in [2.45, 2.75) is 39.3 Å². The van der Waals surface area contributed by atoms with E-state index in [0.717, 1.165) is 22.7 Å². The lowest BCUT2D eigenvalue weighted by Crippen LogP contribution is -2.41. The summed E-state index contributed by atoms with van der Waals surface area (Å²) in [5.74, 6) is -1.51. The first-order valence-corrected chi connectivity index (χ1v) is 11.4. The third kappa shape index (κ3) is 4.47. The third-order valence-electron chi connectivity index (χ3n) is 6.64. The molecule has 4 rings (SSSR count). The molecule has 35 heavy (non-hydrogen) atoms. The monoisotopic (exact) mass is 472 g/mol. The first-order valence-electron chi connectivity index (χ1n) is 11.4. The fourth-order valence-electron chi connectivity index (χ4n) is 4.56. The average molecular weight is 473 g/mol. The van der Waals surface area contributed by atoms with Crippen LogP contribution in [0.25, 0.3) is 0 Å². The number of urea groups is 1. The second-order valence-corrected chi connectivity index (χ2v) is 8.99. The molecule has 1 aliphatic heterocycles. The largest absolute Gasteiger partial charge is 0.366 e. The molecule has 1 unspecified atom stereocenters.